The lowest BCUT2D eigenvalue weighted by atomic mass is 9.97. The fourth-order valence-electron chi connectivity index (χ4n) is 3.49. The molecule has 2 rings (SSSR count). The van der Waals surface area contributed by atoms with Gasteiger partial charge in [0, 0.05) is 25.7 Å². The van der Waals surface area contributed by atoms with Crippen LogP contribution in [0.15, 0.2) is 0 Å². The summed E-state index contributed by atoms with van der Waals surface area (Å²) in [5, 5.41) is 13.3. The normalized spacial score (nSPS) is 24.2. The molecule has 1 saturated heterocycles. The van der Waals surface area contributed by atoms with E-state index in [1.165, 1.54) is 0 Å². The van der Waals surface area contributed by atoms with Crippen molar-refractivity contribution in [3.05, 3.63) is 0 Å². The summed E-state index contributed by atoms with van der Waals surface area (Å²) in [6.45, 7) is 8.46. The summed E-state index contributed by atoms with van der Waals surface area (Å²) in [5.74, 6) is 0.469. The number of morpholine rings is 1. The molecule has 21 heavy (non-hydrogen) atoms. The first-order valence-corrected chi connectivity index (χ1v) is 8.31. The van der Waals surface area contributed by atoms with Crippen molar-refractivity contribution in [3.8, 4) is 0 Å². The molecule has 2 N–H and O–H groups in total. The van der Waals surface area contributed by atoms with E-state index in [0.717, 1.165) is 52.0 Å². The van der Waals surface area contributed by atoms with Crippen molar-refractivity contribution in [2.75, 3.05) is 32.8 Å². The van der Waals surface area contributed by atoms with Crippen LogP contribution in [0.1, 0.15) is 46.0 Å². The van der Waals surface area contributed by atoms with E-state index < -0.39 is 5.60 Å². The first-order valence-electron chi connectivity index (χ1n) is 8.31. The first-order chi connectivity index (χ1) is 10.0. The molecule has 1 heterocycles. The Morgan fingerprint density at radius 2 is 1.90 bits per heavy atom. The SMILES string of the molecule is CC(C)C(CNC(=O)CC1(O)CCCC1)N1CCOCC1. The number of aliphatic hydroxyl groups is 1. The van der Waals surface area contributed by atoms with Crippen molar-refractivity contribution in [3.63, 3.8) is 0 Å². The third-order valence-corrected chi connectivity index (χ3v) is 4.82. The summed E-state index contributed by atoms with van der Waals surface area (Å²) < 4.78 is 5.40. The summed E-state index contributed by atoms with van der Waals surface area (Å²) in [6, 6.07) is 0.344. The van der Waals surface area contributed by atoms with E-state index in [1.807, 2.05) is 0 Å². The second-order valence-corrected chi connectivity index (χ2v) is 6.87. The van der Waals surface area contributed by atoms with Gasteiger partial charge < -0.3 is 15.2 Å². The Balaban J connectivity index is 1.79. The van der Waals surface area contributed by atoms with Crippen LogP contribution in [0.5, 0.6) is 0 Å². The predicted octanol–water partition coefficient (Wildman–Crippen LogP) is 1.15. The molecule has 1 aliphatic heterocycles. The Morgan fingerprint density at radius 3 is 2.48 bits per heavy atom. The molecule has 0 aromatic rings. The maximum Gasteiger partial charge on any atom is 0.222 e. The van der Waals surface area contributed by atoms with Gasteiger partial charge in [0.25, 0.3) is 0 Å². The Hall–Kier alpha value is -0.650. The third-order valence-electron chi connectivity index (χ3n) is 4.82. The van der Waals surface area contributed by atoms with E-state index in [0.29, 0.717) is 18.5 Å². The molecule has 1 unspecified atom stereocenters. The quantitative estimate of drug-likeness (QED) is 0.772. The zero-order chi connectivity index (χ0) is 15.3. The minimum absolute atomic E-state index is 0.0155. The maximum atomic E-state index is 12.1. The van der Waals surface area contributed by atoms with Gasteiger partial charge in [-0.05, 0) is 18.8 Å². The van der Waals surface area contributed by atoms with E-state index in [9.17, 15) is 9.90 Å². The molecule has 0 bridgehead atoms. The monoisotopic (exact) mass is 298 g/mol. The number of rotatable bonds is 6. The molecule has 2 fully saturated rings. The van der Waals surface area contributed by atoms with Crippen LogP contribution in [0.2, 0.25) is 0 Å². The average Bonchev–Trinajstić information content (AvgIpc) is 2.86. The van der Waals surface area contributed by atoms with Crippen molar-refractivity contribution in [2.45, 2.75) is 57.6 Å². The van der Waals surface area contributed by atoms with Gasteiger partial charge in [0.1, 0.15) is 0 Å². The van der Waals surface area contributed by atoms with Crippen LogP contribution >= 0.6 is 0 Å². The van der Waals surface area contributed by atoms with E-state index in [1.54, 1.807) is 0 Å². The summed E-state index contributed by atoms with van der Waals surface area (Å²) in [7, 11) is 0. The molecule has 1 amide bonds. The Kier molecular flexibility index (Phi) is 6.02. The van der Waals surface area contributed by atoms with Crippen LogP contribution in [0.25, 0.3) is 0 Å². The number of amides is 1. The summed E-state index contributed by atoms with van der Waals surface area (Å²) in [4.78, 5) is 14.5. The molecule has 0 aromatic carbocycles. The third kappa shape index (κ3) is 4.94. The second kappa shape index (κ2) is 7.56. The molecule has 1 saturated carbocycles. The predicted molar refractivity (Wildman–Crippen MR) is 82.1 cm³/mol. The molecule has 0 spiro atoms. The van der Waals surface area contributed by atoms with Crippen molar-refractivity contribution >= 4 is 5.91 Å². The lowest BCUT2D eigenvalue weighted by molar-refractivity contribution is -0.126. The van der Waals surface area contributed by atoms with Crippen LogP contribution in [-0.2, 0) is 9.53 Å². The number of hydrogen-bond donors (Lipinski definition) is 2. The maximum absolute atomic E-state index is 12.1. The Bertz CT molecular complexity index is 334. The fraction of sp³-hybridized carbons (Fsp3) is 0.938. The highest BCUT2D eigenvalue weighted by molar-refractivity contribution is 5.77. The van der Waals surface area contributed by atoms with E-state index in [-0.39, 0.29) is 12.3 Å². The molecular weight excluding hydrogens is 268 g/mol. The highest BCUT2D eigenvalue weighted by Gasteiger charge is 2.33. The molecule has 1 atom stereocenters. The Labute approximate surface area is 128 Å². The number of ether oxygens (including phenoxy) is 1. The van der Waals surface area contributed by atoms with Crippen LogP contribution in [0, 0.1) is 5.92 Å². The zero-order valence-corrected chi connectivity index (χ0v) is 13.4. The lowest BCUT2D eigenvalue weighted by Crippen LogP contribution is -2.51. The summed E-state index contributed by atoms with van der Waals surface area (Å²) in [6.07, 6.45) is 3.84. The van der Waals surface area contributed by atoms with Gasteiger partial charge in [-0.3, -0.25) is 9.69 Å². The molecule has 122 valence electrons. The van der Waals surface area contributed by atoms with Crippen molar-refractivity contribution in [1.82, 2.24) is 10.2 Å². The van der Waals surface area contributed by atoms with Gasteiger partial charge in [-0.1, -0.05) is 26.7 Å². The van der Waals surface area contributed by atoms with E-state index in [4.69, 9.17) is 4.74 Å². The average molecular weight is 298 g/mol. The van der Waals surface area contributed by atoms with Gasteiger partial charge in [-0.15, -0.1) is 0 Å². The van der Waals surface area contributed by atoms with Gasteiger partial charge in [-0.2, -0.15) is 0 Å². The van der Waals surface area contributed by atoms with E-state index in [2.05, 4.69) is 24.1 Å². The molecule has 0 radical (unpaired) electrons. The fourth-order valence-corrected chi connectivity index (χ4v) is 3.49. The van der Waals surface area contributed by atoms with E-state index >= 15 is 0 Å². The number of carbonyl (C=O) groups excluding carboxylic acids is 1. The molecule has 5 nitrogen and oxygen atoms in total. The van der Waals surface area contributed by atoms with Crippen molar-refractivity contribution < 1.29 is 14.6 Å². The number of carbonyl (C=O) groups is 1. The largest absolute Gasteiger partial charge is 0.389 e. The zero-order valence-electron chi connectivity index (χ0n) is 13.4. The van der Waals surface area contributed by atoms with Gasteiger partial charge in [0.2, 0.25) is 5.91 Å². The van der Waals surface area contributed by atoms with Crippen LogP contribution in [-0.4, -0.2) is 60.4 Å². The smallest absolute Gasteiger partial charge is 0.222 e. The number of nitrogens with zero attached hydrogens (tertiary/aromatic N) is 1. The molecule has 2 aliphatic rings. The molecule has 0 aromatic heterocycles. The van der Waals surface area contributed by atoms with Crippen molar-refractivity contribution in [2.24, 2.45) is 5.92 Å². The summed E-state index contributed by atoms with van der Waals surface area (Å²) >= 11 is 0. The van der Waals surface area contributed by atoms with Crippen LogP contribution in [0.3, 0.4) is 0 Å². The van der Waals surface area contributed by atoms with Gasteiger partial charge in [0.05, 0.1) is 25.2 Å². The van der Waals surface area contributed by atoms with Gasteiger partial charge >= 0.3 is 0 Å². The van der Waals surface area contributed by atoms with Crippen LogP contribution in [0.4, 0.5) is 0 Å². The first kappa shape index (κ1) is 16.7. The minimum atomic E-state index is -0.754. The second-order valence-electron chi connectivity index (χ2n) is 6.87. The molecular formula is C16H30N2O3. The lowest BCUT2D eigenvalue weighted by Gasteiger charge is -2.37. The summed E-state index contributed by atoms with van der Waals surface area (Å²) in [5.41, 5.74) is -0.754. The molecule has 1 aliphatic carbocycles. The highest BCUT2D eigenvalue weighted by Crippen LogP contribution is 2.32. The van der Waals surface area contributed by atoms with Gasteiger partial charge in [-0.25, -0.2) is 0 Å². The number of hydrogen-bond acceptors (Lipinski definition) is 4. The Morgan fingerprint density at radius 1 is 1.29 bits per heavy atom. The standard InChI is InChI=1S/C16H30N2O3/c1-13(2)14(18-7-9-21-10-8-18)12-17-15(19)11-16(20)5-3-4-6-16/h13-14,20H,3-12H2,1-2H3,(H,17,19). The van der Waals surface area contributed by atoms with Crippen molar-refractivity contribution in [1.29, 1.82) is 0 Å². The number of nitrogens with one attached hydrogen (secondary N) is 1. The molecule has 5 heteroatoms. The topological polar surface area (TPSA) is 61.8 Å². The highest BCUT2D eigenvalue weighted by atomic mass is 16.5. The minimum Gasteiger partial charge on any atom is -0.389 e. The van der Waals surface area contributed by atoms with Crippen LogP contribution < -0.4 is 5.32 Å². The van der Waals surface area contributed by atoms with Gasteiger partial charge in [0.15, 0.2) is 0 Å².